The average molecular weight is 375 g/mol. The summed E-state index contributed by atoms with van der Waals surface area (Å²) >= 11 is 0. The van der Waals surface area contributed by atoms with E-state index in [1.165, 1.54) is 5.56 Å². The standard InChI is InChI=1S/C21H34N4O2/c1-24-10-12-25(13-11-24)15-18-4-3-5-19(14-18)20(26)23-16-21(17-27-2)6-8-22-9-7-21/h3-5,14,22H,6-13,15-17H2,1-2H3,(H,23,26). The van der Waals surface area contributed by atoms with Gasteiger partial charge in [-0.2, -0.15) is 0 Å². The van der Waals surface area contributed by atoms with E-state index in [2.05, 4.69) is 33.5 Å². The summed E-state index contributed by atoms with van der Waals surface area (Å²) in [4.78, 5) is 17.5. The molecule has 6 heteroatoms. The quantitative estimate of drug-likeness (QED) is 0.751. The van der Waals surface area contributed by atoms with Crippen LogP contribution in [-0.2, 0) is 11.3 Å². The van der Waals surface area contributed by atoms with E-state index in [1.807, 2.05) is 18.2 Å². The number of benzene rings is 1. The van der Waals surface area contributed by atoms with E-state index in [4.69, 9.17) is 4.74 Å². The van der Waals surface area contributed by atoms with Gasteiger partial charge in [0.25, 0.3) is 5.91 Å². The predicted octanol–water partition coefficient (Wildman–Crippen LogP) is 1.18. The summed E-state index contributed by atoms with van der Waals surface area (Å²) in [6.45, 7) is 8.63. The molecular formula is C21H34N4O2. The summed E-state index contributed by atoms with van der Waals surface area (Å²) in [6, 6.07) is 8.07. The van der Waals surface area contributed by atoms with Gasteiger partial charge in [0.2, 0.25) is 0 Å². The van der Waals surface area contributed by atoms with Crippen LogP contribution in [0.1, 0.15) is 28.8 Å². The van der Waals surface area contributed by atoms with Gasteiger partial charge in [-0.25, -0.2) is 0 Å². The first-order chi connectivity index (χ1) is 13.1. The average Bonchev–Trinajstić information content (AvgIpc) is 2.69. The van der Waals surface area contributed by atoms with E-state index < -0.39 is 0 Å². The number of amides is 1. The van der Waals surface area contributed by atoms with Gasteiger partial charge in [0.05, 0.1) is 6.61 Å². The molecule has 0 atom stereocenters. The molecule has 6 nitrogen and oxygen atoms in total. The molecule has 1 amide bonds. The largest absolute Gasteiger partial charge is 0.384 e. The van der Waals surface area contributed by atoms with Gasteiger partial charge in [-0.1, -0.05) is 12.1 Å². The molecule has 0 spiro atoms. The van der Waals surface area contributed by atoms with Crippen LogP contribution in [0.25, 0.3) is 0 Å². The molecule has 2 saturated heterocycles. The molecular weight excluding hydrogens is 340 g/mol. The molecule has 0 radical (unpaired) electrons. The highest BCUT2D eigenvalue weighted by atomic mass is 16.5. The molecule has 0 aliphatic carbocycles. The van der Waals surface area contributed by atoms with Crippen molar-refractivity contribution in [2.75, 3.05) is 66.6 Å². The van der Waals surface area contributed by atoms with Crippen LogP contribution in [0.3, 0.4) is 0 Å². The fraction of sp³-hybridized carbons (Fsp3) is 0.667. The van der Waals surface area contributed by atoms with Crippen LogP contribution in [0, 0.1) is 5.41 Å². The molecule has 150 valence electrons. The van der Waals surface area contributed by atoms with Crippen molar-refractivity contribution >= 4 is 5.91 Å². The Balaban J connectivity index is 1.56. The number of piperazine rings is 1. The molecule has 2 heterocycles. The number of nitrogens with one attached hydrogen (secondary N) is 2. The SMILES string of the molecule is COCC1(CNC(=O)c2cccc(CN3CCN(C)CC3)c2)CCNCC1. The maximum atomic E-state index is 12.7. The van der Waals surface area contributed by atoms with Gasteiger partial charge < -0.3 is 20.3 Å². The zero-order valence-electron chi connectivity index (χ0n) is 16.8. The molecule has 2 aliphatic heterocycles. The van der Waals surface area contributed by atoms with Crippen LogP contribution in [0.15, 0.2) is 24.3 Å². The van der Waals surface area contributed by atoms with Crippen molar-refractivity contribution in [2.45, 2.75) is 19.4 Å². The number of piperidine rings is 1. The summed E-state index contributed by atoms with van der Waals surface area (Å²) < 4.78 is 5.45. The van der Waals surface area contributed by atoms with E-state index in [9.17, 15) is 4.79 Å². The fourth-order valence-corrected chi connectivity index (χ4v) is 4.08. The summed E-state index contributed by atoms with van der Waals surface area (Å²) in [6.07, 6.45) is 2.06. The molecule has 0 bridgehead atoms. The topological polar surface area (TPSA) is 56.8 Å². The third-order valence-electron chi connectivity index (χ3n) is 5.93. The van der Waals surface area contributed by atoms with Crippen LogP contribution in [0.2, 0.25) is 0 Å². The second kappa shape index (κ2) is 9.64. The lowest BCUT2D eigenvalue weighted by Crippen LogP contribution is -2.47. The van der Waals surface area contributed by atoms with Gasteiger partial charge in [0.15, 0.2) is 0 Å². The van der Waals surface area contributed by atoms with Crippen molar-refractivity contribution in [1.29, 1.82) is 0 Å². The number of hydrogen-bond acceptors (Lipinski definition) is 5. The second-order valence-corrected chi connectivity index (χ2v) is 8.15. The first-order valence-corrected chi connectivity index (χ1v) is 10.1. The van der Waals surface area contributed by atoms with E-state index >= 15 is 0 Å². The van der Waals surface area contributed by atoms with Gasteiger partial charge in [-0.05, 0) is 50.7 Å². The van der Waals surface area contributed by atoms with Crippen LogP contribution in [0.5, 0.6) is 0 Å². The molecule has 1 aromatic rings. The van der Waals surface area contributed by atoms with E-state index in [0.29, 0.717) is 13.2 Å². The van der Waals surface area contributed by atoms with Crippen molar-refractivity contribution in [3.63, 3.8) is 0 Å². The smallest absolute Gasteiger partial charge is 0.251 e. The molecule has 2 aliphatic rings. The molecule has 2 N–H and O–H groups in total. The predicted molar refractivity (Wildman–Crippen MR) is 108 cm³/mol. The van der Waals surface area contributed by atoms with Crippen molar-refractivity contribution in [3.05, 3.63) is 35.4 Å². The zero-order chi connectivity index (χ0) is 19.1. The van der Waals surface area contributed by atoms with Crippen LogP contribution in [-0.4, -0.2) is 82.3 Å². The van der Waals surface area contributed by atoms with Gasteiger partial charge in [0.1, 0.15) is 0 Å². The molecule has 0 aromatic heterocycles. The second-order valence-electron chi connectivity index (χ2n) is 8.15. The van der Waals surface area contributed by atoms with Gasteiger partial charge in [-0.3, -0.25) is 9.69 Å². The third kappa shape index (κ3) is 5.75. The fourth-order valence-electron chi connectivity index (χ4n) is 4.08. The zero-order valence-corrected chi connectivity index (χ0v) is 16.8. The summed E-state index contributed by atoms with van der Waals surface area (Å²) in [5.74, 6) is 0.0178. The van der Waals surface area contributed by atoms with Crippen LogP contribution in [0.4, 0.5) is 0 Å². The highest BCUT2D eigenvalue weighted by Gasteiger charge is 2.32. The van der Waals surface area contributed by atoms with E-state index in [0.717, 1.165) is 64.2 Å². The molecule has 0 saturated carbocycles. The summed E-state index contributed by atoms with van der Waals surface area (Å²) in [7, 11) is 3.91. The Morgan fingerprint density at radius 2 is 1.96 bits per heavy atom. The summed E-state index contributed by atoms with van der Waals surface area (Å²) in [5, 5.41) is 6.55. The monoisotopic (exact) mass is 374 g/mol. The van der Waals surface area contributed by atoms with Gasteiger partial charge >= 0.3 is 0 Å². The minimum absolute atomic E-state index is 0.0178. The number of methoxy groups -OCH3 is 1. The minimum Gasteiger partial charge on any atom is -0.384 e. The number of carbonyl (C=O) groups is 1. The van der Waals surface area contributed by atoms with E-state index in [1.54, 1.807) is 7.11 Å². The number of nitrogens with zero attached hydrogens (tertiary/aromatic N) is 2. The van der Waals surface area contributed by atoms with Crippen molar-refractivity contribution in [2.24, 2.45) is 5.41 Å². The highest BCUT2D eigenvalue weighted by molar-refractivity contribution is 5.94. The Morgan fingerprint density at radius 3 is 2.67 bits per heavy atom. The first kappa shape index (κ1) is 20.3. The molecule has 0 unspecified atom stereocenters. The number of rotatable bonds is 7. The maximum absolute atomic E-state index is 12.7. The number of hydrogen-bond donors (Lipinski definition) is 2. The Kier molecular flexibility index (Phi) is 7.24. The minimum atomic E-state index is 0.0178. The Hall–Kier alpha value is -1.47. The lowest BCUT2D eigenvalue weighted by atomic mass is 9.79. The first-order valence-electron chi connectivity index (χ1n) is 10.1. The molecule has 27 heavy (non-hydrogen) atoms. The lowest BCUT2D eigenvalue weighted by molar-refractivity contribution is 0.0511. The number of carbonyl (C=O) groups excluding carboxylic acids is 1. The van der Waals surface area contributed by atoms with Crippen molar-refractivity contribution in [3.8, 4) is 0 Å². The normalized spacial score (nSPS) is 21.1. The Labute approximate surface area is 163 Å². The van der Waals surface area contributed by atoms with E-state index in [-0.39, 0.29) is 11.3 Å². The van der Waals surface area contributed by atoms with Crippen molar-refractivity contribution in [1.82, 2.24) is 20.4 Å². The highest BCUT2D eigenvalue weighted by Crippen LogP contribution is 2.28. The Bertz CT molecular complexity index is 602. The number of likely N-dealkylation sites (N-methyl/N-ethyl adjacent to an activating group) is 1. The van der Waals surface area contributed by atoms with Crippen LogP contribution >= 0.6 is 0 Å². The van der Waals surface area contributed by atoms with Crippen molar-refractivity contribution < 1.29 is 9.53 Å². The van der Waals surface area contributed by atoms with Gasteiger partial charge in [0, 0.05) is 57.4 Å². The molecule has 1 aromatic carbocycles. The third-order valence-corrected chi connectivity index (χ3v) is 5.93. The molecule has 3 rings (SSSR count). The maximum Gasteiger partial charge on any atom is 0.251 e. The lowest BCUT2D eigenvalue weighted by Gasteiger charge is -2.37. The Morgan fingerprint density at radius 1 is 1.22 bits per heavy atom. The van der Waals surface area contributed by atoms with Crippen LogP contribution < -0.4 is 10.6 Å². The molecule has 2 fully saturated rings. The van der Waals surface area contributed by atoms with Gasteiger partial charge in [-0.15, -0.1) is 0 Å². The summed E-state index contributed by atoms with van der Waals surface area (Å²) in [5.41, 5.74) is 2.01. The number of ether oxygens (including phenoxy) is 1.